The first kappa shape index (κ1) is 18.1. The minimum Gasteiger partial charge on any atom is -0.388 e. The van der Waals surface area contributed by atoms with E-state index < -0.39 is 5.60 Å². The molecular formula is C18H33N3O3. The molecule has 0 aromatic carbocycles. The maximum absolute atomic E-state index is 12.6. The third kappa shape index (κ3) is 4.69. The summed E-state index contributed by atoms with van der Waals surface area (Å²) in [6.45, 7) is 5.84. The summed E-state index contributed by atoms with van der Waals surface area (Å²) in [6.07, 6.45) is 5.70. The van der Waals surface area contributed by atoms with E-state index >= 15 is 0 Å². The zero-order chi connectivity index (χ0) is 17.0. The Bertz CT molecular complexity index is 418. The van der Waals surface area contributed by atoms with Gasteiger partial charge in [-0.2, -0.15) is 0 Å². The molecule has 1 atom stereocenters. The van der Waals surface area contributed by atoms with Crippen LogP contribution in [0.4, 0.5) is 0 Å². The third-order valence-corrected chi connectivity index (χ3v) is 6.04. The molecule has 6 heteroatoms. The molecule has 0 aliphatic carbocycles. The Morgan fingerprint density at radius 2 is 1.92 bits per heavy atom. The van der Waals surface area contributed by atoms with Gasteiger partial charge in [-0.25, -0.2) is 0 Å². The fourth-order valence-electron chi connectivity index (χ4n) is 4.21. The second kappa shape index (κ2) is 8.13. The number of piperidine rings is 2. The molecule has 3 rings (SSSR count). The molecule has 3 aliphatic rings. The number of amides is 1. The van der Waals surface area contributed by atoms with Crippen LogP contribution in [0.5, 0.6) is 0 Å². The summed E-state index contributed by atoms with van der Waals surface area (Å²) in [6, 6.07) is 0.576. The van der Waals surface area contributed by atoms with E-state index in [0.717, 1.165) is 77.9 Å². The minimum absolute atomic E-state index is 0.0662. The summed E-state index contributed by atoms with van der Waals surface area (Å²) in [4.78, 5) is 17.3. The second-order valence-electron chi connectivity index (χ2n) is 7.92. The molecule has 138 valence electrons. The Kier molecular flexibility index (Phi) is 6.13. The van der Waals surface area contributed by atoms with Crippen molar-refractivity contribution in [1.29, 1.82) is 0 Å². The van der Waals surface area contributed by atoms with E-state index in [1.165, 1.54) is 0 Å². The molecule has 0 bridgehead atoms. The maximum Gasteiger partial charge on any atom is 0.224 e. The number of hydrogen-bond acceptors (Lipinski definition) is 5. The zero-order valence-electron chi connectivity index (χ0n) is 15.0. The first-order valence-corrected chi connectivity index (χ1v) is 9.56. The smallest absolute Gasteiger partial charge is 0.224 e. The Labute approximate surface area is 145 Å². The van der Waals surface area contributed by atoms with Gasteiger partial charge in [0.15, 0.2) is 0 Å². The number of rotatable bonds is 4. The van der Waals surface area contributed by atoms with E-state index in [-0.39, 0.29) is 11.8 Å². The van der Waals surface area contributed by atoms with Gasteiger partial charge in [0.2, 0.25) is 5.91 Å². The van der Waals surface area contributed by atoms with Crippen molar-refractivity contribution < 1.29 is 14.6 Å². The average molecular weight is 339 g/mol. The molecule has 3 aliphatic heterocycles. The quantitative estimate of drug-likeness (QED) is 0.779. The Balaban J connectivity index is 1.45. The minimum atomic E-state index is -0.725. The van der Waals surface area contributed by atoms with Gasteiger partial charge < -0.3 is 20.1 Å². The van der Waals surface area contributed by atoms with Gasteiger partial charge in [0.05, 0.1) is 11.5 Å². The van der Waals surface area contributed by atoms with Crippen molar-refractivity contribution in [3.63, 3.8) is 0 Å². The van der Waals surface area contributed by atoms with Gasteiger partial charge in [-0.1, -0.05) is 0 Å². The van der Waals surface area contributed by atoms with Crippen LogP contribution < -0.4 is 5.32 Å². The lowest BCUT2D eigenvalue weighted by Crippen LogP contribution is -2.53. The number of aliphatic hydroxyl groups is 1. The number of likely N-dealkylation sites (tertiary alicyclic amines) is 2. The first-order chi connectivity index (χ1) is 11.6. The van der Waals surface area contributed by atoms with Crippen LogP contribution in [0.1, 0.15) is 38.5 Å². The predicted octanol–water partition coefficient (Wildman–Crippen LogP) is 0.450. The molecule has 0 saturated carbocycles. The summed E-state index contributed by atoms with van der Waals surface area (Å²) < 4.78 is 5.45. The van der Waals surface area contributed by atoms with Gasteiger partial charge in [-0.3, -0.25) is 9.69 Å². The lowest BCUT2D eigenvalue weighted by molar-refractivity contribution is -0.129. The fraction of sp³-hybridized carbons (Fsp3) is 0.944. The first-order valence-electron chi connectivity index (χ1n) is 9.56. The van der Waals surface area contributed by atoms with Gasteiger partial charge in [-0.15, -0.1) is 0 Å². The Morgan fingerprint density at radius 1 is 1.21 bits per heavy atom. The molecule has 3 heterocycles. The summed E-state index contributed by atoms with van der Waals surface area (Å²) in [5, 5.41) is 13.7. The van der Waals surface area contributed by atoms with Crippen molar-refractivity contribution in [3.05, 3.63) is 0 Å². The summed E-state index contributed by atoms with van der Waals surface area (Å²) in [5.41, 5.74) is -0.725. The summed E-state index contributed by atoms with van der Waals surface area (Å²) in [7, 11) is 2.07. The number of hydrogen-bond donors (Lipinski definition) is 2. The highest BCUT2D eigenvalue weighted by Gasteiger charge is 2.34. The molecule has 2 N–H and O–H groups in total. The van der Waals surface area contributed by atoms with E-state index in [0.29, 0.717) is 12.6 Å². The van der Waals surface area contributed by atoms with Crippen molar-refractivity contribution in [2.24, 2.45) is 5.92 Å². The van der Waals surface area contributed by atoms with Crippen LogP contribution in [0.2, 0.25) is 0 Å². The number of nitrogens with zero attached hydrogens (tertiary/aromatic N) is 2. The monoisotopic (exact) mass is 339 g/mol. The van der Waals surface area contributed by atoms with E-state index in [9.17, 15) is 9.90 Å². The number of carbonyl (C=O) groups excluding carboxylic acids is 1. The van der Waals surface area contributed by atoms with Gasteiger partial charge in [0, 0.05) is 45.4 Å². The zero-order valence-corrected chi connectivity index (χ0v) is 15.0. The standard InChI is InChI=1S/C18H33N3O3/c1-20-9-6-18(23,7-10-20)14-19-17(22)15-3-2-8-21(13-15)16-4-11-24-12-5-16/h15-16,23H,2-14H2,1H3,(H,19,22)/t15-/m0/s1. The molecular weight excluding hydrogens is 306 g/mol. The van der Waals surface area contributed by atoms with Crippen molar-refractivity contribution in [2.75, 3.05) is 53.0 Å². The Hall–Kier alpha value is -0.690. The number of ether oxygens (including phenoxy) is 1. The largest absolute Gasteiger partial charge is 0.388 e. The molecule has 0 aromatic rings. The van der Waals surface area contributed by atoms with Crippen LogP contribution in [0, 0.1) is 5.92 Å². The van der Waals surface area contributed by atoms with Gasteiger partial charge in [0.1, 0.15) is 0 Å². The molecule has 0 unspecified atom stereocenters. The second-order valence-corrected chi connectivity index (χ2v) is 7.92. The van der Waals surface area contributed by atoms with Crippen molar-refractivity contribution in [1.82, 2.24) is 15.1 Å². The molecule has 6 nitrogen and oxygen atoms in total. The van der Waals surface area contributed by atoms with Crippen molar-refractivity contribution in [2.45, 2.75) is 50.2 Å². The Morgan fingerprint density at radius 3 is 2.62 bits per heavy atom. The van der Waals surface area contributed by atoms with Crippen molar-refractivity contribution >= 4 is 5.91 Å². The van der Waals surface area contributed by atoms with Crippen molar-refractivity contribution in [3.8, 4) is 0 Å². The van der Waals surface area contributed by atoms with Crippen LogP contribution in [-0.2, 0) is 9.53 Å². The molecule has 24 heavy (non-hydrogen) atoms. The summed E-state index contributed by atoms with van der Waals surface area (Å²) >= 11 is 0. The summed E-state index contributed by atoms with van der Waals surface area (Å²) in [5.74, 6) is 0.190. The molecule has 0 radical (unpaired) electrons. The van der Waals surface area contributed by atoms with E-state index in [4.69, 9.17) is 4.74 Å². The third-order valence-electron chi connectivity index (χ3n) is 6.04. The average Bonchev–Trinajstić information content (AvgIpc) is 2.63. The van der Waals surface area contributed by atoms with Gasteiger partial charge in [-0.05, 0) is 52.1 Å². The number of nitrogens with one attached hydrogen (secondary N) is 1. The molecule has 1 amide bonds. The molecule has 3 fully saturated rings. The van der Waals surface area contributed by atoms with Crippen LogP contribution in [-0.4, -0.2) is 85.4 Å². The van der Waals surface area contributed by atoms with E-state index in [2.05, 4.69) is 22.2 Å². The normalized spacial score (nSPS) is 30.2. The van der Waals surface area contributed by atoms with Crippen LogP contribution in [0.15, 0.2) is 0 Å². The molecule has 0 aromatic heterocycles. The highest BCUT2D eigenvalue weighted by Crippen LogP contribution is 2.24. The van der Waals surface area contributed by atoms with Gasteiger partial charge >= 0.3 is 0 Å². The molecule has 0 spiro atoms. The van der Waals surface area contributed by atoms with Crippen LogP contribution in [0.3, 0.4) is 0 Å². The number of carbonyl (C=O) groups is 1. The molecule has 3 saturated heterocycles. The van der Waals surface area contributed by atoms with E-state index in [1.807, 2.05) is 0 Å². The van der Waals surface area contributed by atoms with Crippen LogP contribution >= 0.6 is 0 Å². The maximum atomic E-state index is 12.6. The van der Waals surface area contributed by atoms with Gasteiger partial charge in [0.25, 0.3) is 0 Å². The topological polar surface area (TPSA) is 65.0 Å². The fourth-order valence-corrected chi connectivity index (χ4v) is 4.21. The lowest BCUT2D eigenvalue weighted by atomic mass is 9.90. The van der Waals surface area contributed by atoms with Crippen LogP contribution in [0.25, 0.3) is 0 Å². The SMILES string of the molecule is CN1CCC(O)(CNC(=O)[C@H]2CCCN(C3CCOCC3)C2)CC1. The predicted molar refractivity (Wildman–Crippen MR) is 92.8 cm³/mol. The highest BCUT2D eigenvalue weighted by atomic mass is 16.5. The van der Waals surface area contributed by atoms with E-state index in [1.54, 1.807) is 0 Å². The lowest BCUT2D eigenvalue weighted by Gasteiger charge is -2.40. The highest BCUT2D eigenvalue weighted by molar-refractivity contribution is 5.79.